The number of ether oxygens (including phenoxy) is 3. The van der Waals surface area contributed by atoms with Crippen LogP contribution >= 0.6 is 0 Å². The second-order valence-electron chi connectivity index (χ2n) is 5.62. The van der Waals surface area contributed by atoms with Crippen LogP contribution in [0.2, 0.25) is 0 Å². The second-order valence-corrected chi connectivity index (χ2v) is 5.62. The Labute approximate surface area is 123 Å². The van der Waals surface area contributed by atoms with Crippen molar-refractivity contribution in [2.45, 2.75) is 44.4 Å². The van der Waals surface area contributed by atoms with E-state index in [1.807, 2.05) is 13.8 Å². The van der Waals surface area contributed by atoms with Crippen LogP contribution in [0, 0.1) is 0 Å². The number of aromatic nitrogens is 2. The van der Waals surface area contributed by atoms with Crippen LogP contribution < -0.4 is 5.32 Å². The van der Waals surface area contributed by atoms with E-state index in [0.717, 1.165) is 6.42 Å². The zero-order valence-corrected chi connectivity index (χ0v) is 12.1. The molecular weight excluding hydrogens is 274 g/mol. The van der Waals surface area contributed by atoms with Gasteiger partial charge in [0.25, 0.3) is 5.91 Å². The highest BCUT2D eigenvalue weighted by Crippen LogP contribution is 2.34. The van der Waals surface area contributed by atoms with Gasteiger partial charge in [0.15, 0.2) is 5.79 Å². The van der Waals surface area contributed by atoms with Crippen LogP contribution in [0.4, 0.5) is 0 Å². The lowest BCUT2D eigenvalue weighted by Gasteiger charge is -2.31. The van der Waals surface area contributed by atoms with Crippen LogP contribution in [-0.2, 0) is 14.2 Å². The number of carbonyl (C=O) groups is 1. The zero-order valence-electron chi connectivity index (χ0n) is 12.1. The maximum Gasteiger partial charge on any atom is 0.289 e. The van der Waals surface area contributed by atoms with E-state index in [-0.39, 0.29) is 30.0 Å². The lowest BCUT2D eigenvalue weighted by molar-refractivity contribution is -0.153. The minimum atomic E-state index is -0.603. The molecule has 2 aliphatic rings. The van der Waals surface area contributed by atoms with Crippen molar-refractivity contribution in [1.82, 2.24) is 15.3 Å². The number of amides is 1. The number of hydrogen-bond acceptors (Lipinski definition) is 6. The Balaban J connectivity index is 1.59. The van der Waals surface area contributed by atoms with Crippen molar-refractivity contribution in [3.05, 3.63) is 24.3 Å². The van der Waals surface area contributed by atoms with E-state index in [0.29, 0.717) is 13.2 Å². The summed E-state index contributed by atoms with van der Waals surface area (Å²) in [5.41, 5.74) is 0. The van der Waals surface area contributed by atoms with Gasteiger partial charge in [0.1, 0.15) is 12.2 Å². The predicted molar refractivity (Wildman–Crippen MR) is 72.5 cm³/mol. The molecule has 1 amide bonds. The summed E-state index contributed by atoms with van der Waals surface area (Å²) in [6, 6.07) is 1.66. The minimum Gasteiger partial charge on any atom is -0.373 e. The Morgan fingerprint density at radius 3 is 2.90 bits per heavy atom. The number of nitrogens with one attached hydrogen (secondary N) is 1. The fourth-order valence-electron chi connectivity index (χ4n) is 2.70. The van der Waals surface area contributed by atoms with Gasteiger partial charge in [0, 0.05) is 25.5 Å². The maximum atomic E-state index is 11.9. The highest BCUT2D eigenvalue weighted by Gasteiger charge is 2.47. The molecule has 0 aromatic carbocycles. The molecule has 7 heteroatoms. The third kappa shape index (κ3) is 3.20. The monoisotopic (exact) mass is 293 g/mol. The summed E-state index contributed by atoms with van der Waals surface area (Å²) < 4.78 is 17.4. The quantitative estimate of drug-likeness (QED) is 0.874. The number of carbonyl (C=O) groups excluding carboxylic acids is 1. The Bertz CT molecular complexity index is 508. The maximum absolute atomic E-state index is 11.9. The summed E-state index contributed by atoms with van der Waals surface area (Å²) in [5.74, 6) is -0.776. The van der Waals surface area contributed by atoms with Gasteiger partial charge in [0.2, 0.25) is 5.82 Å². The van der Waals surface area contributed by atoms with Gasteiger partial charge < -0.3 is 19.5 Å². The lowest BCUT2D eigenvalue weighted by Crippen LogP contribution is -2.48. The van der Waals surface area contributed by atoms with Gasteiger partial charge in [-0.3, -0.25) is 4.79 Å². The summed E-state index contributed by atoms with van der Waals surface area (Å²) in [6.45, 7) is 4.72. The fraction of sp³-hybridized carbons (Fsp3) is 0.643. The van der Waals surface area contributed by atoms with Gasteiger partial charge in [-0.2, -0.15) is 0 Å². The number of fused-ring (bicyclic) bond motifs is 1. The van der Waals surface area contributed by atoms with E-state index in [9.17, 15) is 4.79 Å². The van der Waals surface area contributed by atoms with Gasteiger partial charge in [-0.25, -0.2) is 9.97 Å². The molecule has 3 rings (SSSR count). The molecule has 2 fully saturated rings. The molecule has 1 aromatic heterocycles. The first kappa shape index (κ1) is 14.4. The summed E-state index contributed by atoms with van der Waals surface area (Å²) in [4.78, 5) is 19.8. The highest BCUT2D eigenvalue weighted by molar-refractivity contribution is 5.90. The fourth-order valence-corrected chi connectivity index (χ4v) is 2.70. The van der Waals surface area contributed by atoms with Crippen molar-refractivity contribution in [1.29, 1.82) is 0 Å². The predicted octanol–water partition coefficient (Wildman–Crippen LogP) is 0.515. The van der Waals surface area contributed by atoms with Gasteiger partial charge in [-0.05, 0) is 26.3 Å². The molecule has 114 valence electrons. The number of rotatable bonds is 3. The Hall–Kier alpha value is -1.57. The number of hydrogen-bond donors (Lipinski definition) is 1. The molecule has 3 heterocycles. The summed E-state index contributed by atoms with van der Waals surface area (Å²) >= 11 is 0. The lowest BCUT2D eigenvalue weighted by atomic mass is 10.0. The van der Waals surface area contributed by atoms with E-state index in [2.05, 4.69) is 15.3 Å². The molecule has 0 bridgehead atoms. The Kier molecular flexibility index (Phi) is 3.88. The van der Waals surface area contributed by atoms with E-state index in [1.54, 1.807) is 6.07 Å². The average molecular weight is 293 g/mol. The molecule has 3 unspecified atom stereocenters. The van der Waals surface area contributed by atoms with Crippen molar-refractivity contribution in [3.63, 3.8) is 0 Å². The summed E-state index contributed by atoms with van der Waals surface area (Å²) in [7, 11) is 0. The minimum absolute atomic E-state index is 0.0172. The summed E-state index contributed by atoms with van der Waals surface area (Å²) in [6.07, 6.45) is 3.50. The molecule has 0 aliphatic carbocycles. The summed E-state index contributed by atoms with van der Waals surface area (Å²) in [5, 5.41) is 2.78. The van der Waals surface area contributed by atoms with Crippen LogP contribution in [0.1, 0.15) is 30.9 Å². The number of nitrogens with zero attached hydrogens (tertiary/aromatic N) is 2. The van der Waals surface area contributed by atoms with Crippen molar-refractivity contribution < 1.29 is 19.0 Å². The van der Waals surface area contributed by atoms with E-state index >= 15 is 0 Å². The smallest absolute Gasteiger partial charge is 0.289 e. The molecule has 1 aromatic rings. The topological polar surface area (TPSA) is 82.6 Å². The van der Waals surface area contributed by atoms with Crippen LogP contribution in [-0.4, -0.2) is 53.1 Å². The molecule has 0 saturated carbocycles. The molecule has 0 radical (unpaired) electrons. The molecule has 2 saturated heterocycles. The second kappa shape index (κ2) is 5.67. The van der Waals surface area contributed by atoms with Gasteiger partial charge in [-0.15, -0.1) is 0 Å². The first-order valence-corrected chi connectivity index (χ1v) is 7.08. The molecule has 7 nitrogen and oxygen atoms in total. The molecular formula is C14H19N3O4. The molecule has 2 aliphatic heterocycles. The first-order valence-electron chi connectivity index (χ1n) is 7.08. The van der Waals surface area contributed by atoms with Crippen molar-refractivity contribution in [2.24, 2.45) is 0 Å². The van der Waals surface area contributed by atoms with Crippen LogP contribution in [0.25, 0.3) is 0 Å². The van der Waals surface area contributed by atoms with E-state index in [1.165, 1.54) is 12.4 Å². The highest BCUT2D eigenvalue weighted by atomic mass is 16.8. The van der Waals surface area contributed by atoms with Crippen molar-refractivity contribution in [3.8, 4) is 0 Å². The van der Waals surface area contributed by atoms with Crippen molar-refractivity contribution >= 4 is 5.91 Å². The van der Waals surface area contributed by atoms with E-state index in [4.69, 9.17) is 14.2 Å². The normalized spacial score (nSPS) is 30.7. The first-order chi connectivity index (χ1) is 10.1. The van der Waals surface area contributed by atoms with Crippen LogP contribution in [0.15, 0.2) is 18.5 Å². The molecule has 3 atom stereocenters. The SMILES string of the molecule is CC1(C)OC2CCOC(CNC(=O)c3ncccn3)C2O1. The van der Waals surface area contributed by atoms with Gasteiger partial charge >= 0.3 is 0 Å². The largest absolute Gasteiger partial charge is 0.373 e. The van der Waals surface area contributed by atoms with Crippen molar-refractivity contribution in [2.75, 3.05) is 13.2 Å². The van der Waals surface area contributed by atoms with Gasteiger partial charge in [0.05, 0.1) is 6.10 Å². The third-order valence-corrected chi connectivity index (χ3v) is 3.55. The third-order valence-electron chi connectivity index (χ3n) is 3.55. The van der Waals surface area contributed by atoms with Crippen LogP contribution in [0.3, 0.4) is 0 Å². The Morgan fingerprint density at radius 2 is 2.14 bits per heavy atom. The standard InChI is InChI=1S/C14H19N3O4/c1-14(2)20-9-4-7-19-10(11(9)21-14)8-17-13(18)12-15-5-3-6-16-12/h3,5-6,9-11H,4,7-8H2,1-2H3,(H,17,18). The molecule has 1 N–H and O–H groups in total. The van der Waals surface area contributed by atoms with E-state index < -0.39 is 5.79 Å². The van der Waals surface area contributed by atoms with Crippen LogP contribution in [0.5, 0.6) is 0 Å². The zero-order chi connectivity index (χ0) is 14.9. The molecule has 21 heavy (non-hydrogen) atoms. The Morgan fingerprint density at radius 1 is 1.38 bits per heavy atom. The average Bonchev–Trinajstić information content (AvgIpc) is 2.80. The molecule has 0 spiro atoms. The van der Waals surface area contributed by atoms with Gasteiger partial charge in [-0.1, -0.05) is 0 Å².